The Morgan fingerprint density at radius 1 is 1.29 bits per heavy atom. The molecule has 0 saturated carbocycles. The molecule has 0 saturated heterocycles. The minimum Gasteiger partial charge on any atom is -0.495 e. The van der Waals surface area contributed by atoms with Crippen LogP contribution in [0.4, 0.5) is 0 Å². The summed E-state index contributed by atoms with van der Waals surface area (Å²) in [6.07, 6.45) is 0. The second kappa shape index (κ2) is 7.12. The first-order valence-electron chi connectivity index (χ1n) is 6.70. The molecular weight excluding hydrogens is 284 g/mol. The summed E-state index contributed by atoms with van der Waals surface area (Å²) in [7, 11) is 1.56. The number of hydrogen-bond acceptors (Lipinski definition) is 3. The maximum atomic E-state index is 9.10. The molecule has 0 radical (unpaired) electrons. The molecule has 3 nitrogen and oxygen atoms in total. The number of halogens is 1. The summed E-state index contributed by atoms with van der Waals surface area (Å²) in [6.45, 7) is 2.72. The Balaban J connectivity index is 2.07. The molecule has 0 aliphatic rings. The first-order chi connectivity index (χ1) is 10.2. The largest absolute Gasteiger partial charge is 0.495 e. The van der Waals surface area contributed by atoms with Crippen LogP contribution in [0.25, 0.3) is 0 Å². The van der Waals surface area contributed by atoms with E-state index in [9.17, 15) is 0 Å². The van der Waals surface area contributed by atoms with Crippen molar-refractivity contribution in [3.8, 4) is 11.8 Å². The Hall–Kier alpha value is -2.02. The third kappa shape index (κ3) is 3.75. The van der Waals surface area contributed by atoms with E-state index < -0.39 is 0 Å². The second-order valence-corrected chi connectivity index (χ2v) is 5.18. The Kier molecular flexibility index (Phi) is 5.21. The van der Waals surface area contributed by atoms with Crippen LogP contribution in [0, 0.1) is 11.3 Å². The highest BCUT2D eigenvalue weighted by Crippen LogP contribution is 2.23. The van der Waals surface area contributed by atoms with E-state index in [-0.39, 0.29) is 6.04 Å². The molecule has 1 atom stereocenters. The van der Waals surface area contributed by atoms with Gasteiger partial charge in [0.15, 0.2) is 0 Å². The SMILES string of the molecule is COc1ccc(CN[C@H](C)c2ccccc2Cl)cc1C#N. The Labute approximate surface area is 130 Å². The van der Waals surface area contributed by atoms with Gasteiger partial charge in [-0.15, -0.1) is 0 Å². The lowest BCUT2D eigenvalue weighted by atomic mass is 10.1. The van der Waals surface area contributed by atoms with Crippen molar-refractivity contribution in [3.05, 3.63) is 64.2 Å². The number of ether oxygens (including phenoxy) is 1. The molecule has 0 aliphatic carbocycles. The van der Waals surface area contributed by atoms with E-state index in [1.54, 1.807) is 7.11 Å². The summed E-state index contributed by atoms with van der Waals surface area (Å²) in [4.78, 5) is 0. The number of nitriles is 1. The summed E-state index contributed by atoms with van der Waals surface area (Å²) in [5.74, 6) is 0.598. The van der Waals surface area contributed by atoms with Gasteiger partial charge < -0.3 is 10.1 Å². The quantitative estimate of drug-likeness (QED) is 0.905. The lowest BCUT2D eigenvalue weighted by molar-refractivity contribution is 0.413. The molecule has 21 heavy (non-hydrogen) atoms. The van der Waals surface area contributed by atoms with Gasteiger partial charge in [-0.3, -0.25) is 0 Å². The van der Waals surface area contributed by atoms with E-state index in [2.05, 4.69) is 18.3 Å². The molecule has 0 aromatic heterocycles. The summed E-state index contributed by atoms with van der Waals surface area (Å²) in [5.41, 5.74) is 2.64. The normalized spacial score (nSPS) is 11.7. The third-order valence-electron chi connectivity index (χ3n) is 3.37. The Morgan fingerprint density at radius 3 is 2.71 bits per heavy atom. The highest BCUT2D eigenvalue weighted by atomic mass is 35.5. The van der Waals surface area contributed by atoms with Gasteiger partial charge in [-0.25, -0.2) is 0 Å². The first-order valence-corrected chi connectivity index (χ1v) is 7.08. The lowest BCUT2D eigenvalue weighted by Gasteiger charge is -2.16. The van der Waals surface area contributed by atoms with E-state index in [4.69, 9.17) is 21.6 Å². The molecular formula is C17H17ClN2O. The number of rotatable bonds is 5. The van der Waals surface area contributed by atoms with Crippen LogP contribution in [0.5, 0.6) is 5.75 Å². The van der Waals surface area contributed by atoms with Gasteiger partial charge in [0.25, 0.3) is 0 Å². The summed E-state index contributed by atoms with van der Waals surface area (Å²) in [5, 5.41) is 13.3. The number of benzene rings is 2. The fourth-order valence-electron chi connectivity index (χ4n) is 2.16. The molecule has 0 bridgehead atoms. The van der Waals surface area contributed by atoms with Crippen LogP contribution in [0.15, 0.2) is 42.5 Å². The number of hydrogen-bond donors (Lipinski definition) is 1. The molecule has 2 rings (SSSR count). The zero-order valence-corrected chi connectivity index (χ0v) is 12.8. The van der Waals surface area contributed by atoms with Crippen molar-refractivity contribution in [3.63, 3.8) is 0 Å². The molecule has 0 spiro atoms. The molecule has 0 unspecified atom stereocenters. The minimum atomic E-state index is 0.131. The van der Waals surface area contributed by atoms with Crippen molar-refractivity contribution in [1.29, 1.82) is 5.26 Å². The summed E-state index contributed by atoms with van der Waals surface area (Å²) in [6, 6.07) is 15.7. The van der Waals surface area contributed by atoms with Gasteiger partial charge in [-0.1, -0.05) is 35.9 Å². The predicted octanol–water partition coefficient (Wildman–Crippen LogP) is 4.07. The molecule has 2 aromatic rings. The summed E-state index contributed by atoms with van der Waals surface area (Å²) < 4.78 is 5.14. The van der Waals surface area contributed by atoms with Gasteiger partial charge in [-0.05, 0) is 36.2 Å². The van der Waals surface area contributed by atoms with Crippen molar-refractivity contribution >= 4 is 11.6 Å². The van der Waals surface area contributed by atoms with Gasteiger partial charge in [0.05, 0.1) is 12.7 Å². The van der Waals surface area contributed by atoms with Crippen molar-refractivity contribution in [2.75, 3.05) is 7.11 Å². The molecule has 0 aliphatic heterocycles. The molecule has 0 fully saturated rings. The van der Waals surface area contributed by atoms with Crippen molar-refractivity contribution < 1.29 is 4.74 Å². The van der Waals surface area contributed by atoms with Crippen LogP contribution in [0.3, 0.4) is 0 Å². The Morgan fingerprint density at radius 2 is 2.05 bits per heavy atom. The van der Waals surface area contributed by atoms with E-state index in [1.165, 1.54) is 0 Å². The fraction of sp³-hybridized carbons (Fsp3) is 0.235. The zero-order valence-electron chi connectivity index (χ0n) is 12.1. The molecule has 1 N–H and O–H groups in total. The van der Waals surface area contributed by atoms with Gasteiger partial charge >= 0.3 is 0 Å². The monoisotopic (exact) mass is 300 g/mol. The minimum absolute atomic E-state index is 0.131. The van der Waals surface area contributed by atoms with Crippen LogP contribution in [0.2, 0.25) is 5.02 Å². The smallest absolute Gasteiger partial charge is 0.136 e. The first kappa shape index (κ1) is 15.4. The van der Waals surface area contributed by atoms with Crippen LogP contribution >= 0.6 is 11.6 Å². The van der Waals surface area contributed by atoms with Crippen molar-refractivity contribution in [1.82, 2.24) is 5.32 Å². The number of nitrogens with zero attached hydrogens (tertiary/aromatic N) is 1. The predicted molar refractivity (Wildman–Crippen MR) is 84.4 cm³/mol. The van der Waals surface area contributed by atoms with Crippen molar-refractivity contribution in [2.45, 2.75) is 19.5 Å². The molecule has 0 amide bonds. The van der Waals surface area contributed by atoms with Crippen molar-refractivity contribution in [2.24, 2.45) is 0 Å². The highest BCUT2D eigenvalue weighted by Gasteiger charge is 2.09. The average Bonchev–Trinajstić information content (AvgIpc) is 2.52. The fourth-order valence-corrected chi connectivity index (χ4v) is 2.46. The van der Waals surface area contributed by atoms with Crippen LogP contribution in [-0.4, -0.2) is 7.11 Å². The maximum absolute atomic E-state index is 9.10. The van der Waals surface area contributed by atoms with Gasteiger partial charge in [0.2, 0.25) is 0 Å². The molecule has 4 heteroatoms. The van der Waals surface area contributed by atoms with E-state index in [0.29, 0.717) is 17.9 Å². The van der Waals surface area contributed by atoms with Crippen LogP contribution in [0.1, 0.15) is 29.7 Å². The van der Waals surface area contributed by atoms with E-state index in [1.807, 2.05) is 42.5 Å². The Bertz CT molecular complexity index is 664. The van der Waals surface area contributed by atoms with Gasteiger partial charge in [-0.2, -0.15) is 5.26 Å². The summed E-state index contributed by atoms with van der Waals surface area (Å²) >= 11 is 6.19. The maximum Gasteiger partial charge on any atom is 0.136 e. The van der Waals surface area contributed by atoms with Gasteiger partial charge in [0, 0.05) is 17.6 Å². The van der Waals surface area contributed by atoms with Crippen LogP contribution < -0.4 is 10.1 Å². The standard InChI is InChI=1S/C17H17ClN2O/c1-12(15-5-3-4-6-16(15)18)20-11-13-7-8-17(21-2)14(9-13)10-19/h3-9,12,20H,11H2,1-2H3/t12-/m1/s1. The number of nitrogens with one attached hydrogen (secondary N) is 1. The second-order valence-electron chi connectivity index (χ2n) is 4.77. The highest BCUT2D eigenvalue weighted by molar-refractivity contribution is 6.31. The van der Waals surface area contributed by atoms with E-state index in [0.717, 1.165) is 16.1 Å². The third-order valence-corrected chi connectivity index (χ3v) is 3.71. The molecule has 2 aromatic carbocycles. The van der Waals surface area contributed by atoms with Crippen LogP contribution in [-0.2, 0) is 6.54 Å². The zero-order chi connectivity index (χ0) is 15.2. The lowest BCUT2D eigenvalue weighted by Crippen LogP contribution is -2.18. The topological polar surface area (TPSA) is 45.0 Å². The molecule has 0 heterocycles. The molecule has 108 valence electrons. The van der Waals surface area contributed by atoms with E-state index >= 15 is 0 Å². The van der Waals surface area contributed by atoms with Gasteiger partial charge in [0.1, 0.15) is 11.8 Å². The number of methoxy groups -OCH3 is 1. The average molecular weight is 301 g/mol.